The number of nitrogens with two attached hydrogens (primary N) is 1. The molecular weight excluding hydrogens is 441 g/mol. The zero-order valence-corrected chi connectivity index (χ0v) is 18.7. The van der Waals surface area contributed by atoms with Crippen LogP contribution in [0.2, 0.25) is 0 Å². The molecule has 1 saturated carbocycles. The van der Waals surface area contributed by atoms with E-state index in [1.165, 1.54) is 11.0 Å². The fourth-order valence-electron chi connectivity index (χ4n) is 3.90. The molecule has 1 atom stereocenters. The summed E-state index contributed by atoms with van der Waals surface area (Å²) < 4.78 is 46.5. The summed E-state index contributed by atoms with van der Waals surface area (Å²) in [7, 11) is 0. The monoisotopic (exact) mass is 470 g/mol. The summed E-state index contributed by atoms with van der Waals surface area (Å²) in [6.07, 6.45) is -2.86. The van der Waals surface area contributed by atoms with Gasteiger partial charge in [0.05, 0.1) is 17.9 Å². The van der Waals surface area contributed by atoms with Gasteiger partial charge in [0.1, 0.15) is 6.61 Å². The van der Waals surface area contributed by atoms with Crippen LogP contribution in [0.3, 0.4) is 0 Å². The van der Waals surface area contributed by atoms with Crippen molar-refractivity contribution in [1.82, 2.24) is 4.90 Å². The number of ether oxygens (including phenoxy) is 1. The van der Waals surface area contributed by atoms with Crippen molar-refractivity contribution in [3.05, 3.63) is 23.8 Å². The van der Waals surface area contributed by atoms with E-state index in [1.54, 1.807) is 4.90 Å². The molecule has 3 amide bonds. The first kappa shape index (κ1) is 25.0. The number of morpholine rings is 1. The van der Waals surface area contributed by atoms with Crippen LogP contribution in [-0.4, -0.2) is 61.5 Å². The molecule has 1 heterocycles. The van der Waals surface area contributed by atoms with Crippen molar-refractivity contribution in [3.63, 3.8) is 0 Å². The zero-order valence-electron chi connectivity index (χ0n) is 18.7. The van der Waals surface area contributed by atoms with Crippen LogP contribution in [0, 0.1) is 11.8 Å². The SMILES string of the molecule is CC(C)CN(CC1CC1)[C@@H](C(N)=O)C(=O)Nc1ccc(N2CCOCC2=O)cc1C(F)(F)F. The van der Waals surface area contributed by atoms with Gasteiger partial charge in [-0.05, 0) is 42.9 Å². The molecule has 1 saturated heterocycles. The van der Waals surface area contributed by atoms with Crippen molar-refractivity contribution < 1.29 is 32.3 Å². The number of alkyl halides is 3. The predicted molar refractivity (Wildman–Crippen MR) is 115 cm³/mol. The lowest BCUT2D eigenvalue weighted by atomic mass is 10.1. The molecule has 0 bridgehead atoms. The largest absolute Gasteiger partial charge is 0.418 e. The molecule has 0 radical (unpaired) electrons. The summed E-state index contributed by atoms with van der Waals surface area (Å²) in [5.74, 6) is -1.82. The predicted octanol–water partition coefficient (Wildman–Crippen LogP) is 2.23. The van der Waals surface area contributed by atoms with Gasteiger partial charge < -0.3 is 20.7 Å². The molecule has 8 nitrogen and oxygen atoms in total. The molecule has 0 aromatic heterocycles. The van der Waals surface area contributed by atoms with E-state index in [0.717, 1.165) is 25.0 Å². The quantitative estimate of drug-likeness (QED) is 0.539. The highest BCUT2D eigenvalue weighted by atomic mass is 19.4. The maximum atomic E-state index is 13.8. The van der Waals surface area contributed by atoms with Crippen molar-refractivity contribution in [2.24, 2.45) is 17.6 Å². The van der Waals surface area contributed by atoms with Crippen LogP contribution in [0.4, 0.5) is 24.5 Å². The fraction of sp³-hybridized carbons (Fsp3) is 0.591. The Morgan fingerprint density at radius 2 is 2.00 bits per heavy atom. The third-order valence-electron chi connectivity index (χ3n) is 5.54. The van der Waals surface area contributed by atoms with Crippen molar-refractivity contribution in [2.45, 2.75) is 38.9 Å². The number of amides is 3. The Balaban J connectivity index is 1.88. The molecule has 33 heavy (non-hydrogen) atoms. The van der Waals surface area contributed by atoms with Gasteiger partial charge in [-0.1, -0.05) is 13.8 Å². The van der Waals surface area contributed by atoms with Crippen LogP contribution < -0.4 is 16.0 Å². The minimum Gasteiger partial charge on any atom is -0.370 e. The Labute approximate surface area is 190 Å². The number of anilines is 2. The van der Waals surface area contributed by atoms with Crippen molar-refractivity contribution in [2.75, 3.05) is 43.1 Å². The summed E-state index contributed by atoms with van der Waals surface area (Å²) in [5, 5.41) is 2.26. The maximum Gasteiger partial charge on any atom is 0.418 e. The second-order valence-corrected chi connectivity index (χ2v) is 8.91. The lowest BCUT2D eigenvalue weighted by molar-refractivity contribution is -0.137. The number of benzene rings is 1. The number of nitrogens with zero attached hydrogens (tertiary/aromatic N) is 2. The third-order valence-corrected chi connectivity index (χ3v) is 5.54. The van der Waals surface area contributed by atoms with Crippen molar-refractivity contribution in [3.8, 4) is 0 Å². The maximum absolute atomic E-state index is 13.8. The van der Waals surface area contributed by atoms with Crippen LogP contribution in [0.15, 0.2) is 18.2 Å². The van der Waals surface area contributed by atoms with E-state index in [0.29, 0.717) is 19.0 Å². The number of carbonyl (C=O) groups excluding carboxylic acids is 3. The molecule has 3 rings (SSSR count). The van der Waals surface area contributed by atoms with Crippen LogP contribution in [-0.2, 0) is 25.3 Å². The Hall–Kier alpha value is -2.66. The summed E-state index contributed by atoms with van der Waals surface area (Å²) in [6.45, 7) is 4.83. The number of halogens is 3. The highest BCUT2D eigenvalue weighted by molar-refractivity contribution is 6.10. The highest BCUT2D eigenvalue weighted by Crippen LogP contribution is 2.38. The average molecular weight is 470 g/mol. The lowest BCUT2D eigenvalue weighted by Crippen LogP contribution is -2.53. The molecule has 182 valence electrons. The topological polar surface area (TPSA) is 105 Å². The van der Waals surface area contributed by atoms with Crippen LogP contribution in [0.5, 0.6) is 0 Å². The summed E-state index contributed by atoms with van der Waals surface area (Å²) in [4.78, 5) is 40.1. The molecule has 0 spiro atoms. The Bertz CT molecular complexity index is 898. The number of primary amides is 1. The fourth-order valence-corrected chi connectivity index (χ4v) is 3.90. The first-order chi connectivity index (χ1) is 15.5. The lowest BCUT2D eigenvalue weighted by Gasteiger charge is -2.31. The standard InChI is InChI=1S/C22H29F3N4O4/c1-13(2)10-28(11-14-3-4-14)19(20(26)31)21(32)27-17-6-5-15(9-16(17)22(23,24)25)29-7-8-33-12-18(29)30/h5-6,9,13-14,19H,3-4,7-8,10-12H2,1-2H3,(H2,26,31)(H,27,32)/t19-/m0/s1. The smallest absolute Gasteiger partial charge is 0.370 e. The van der Waals surface area contributed by atoms with Gasteiger partial charge in [-0.2, -0.15) is 13.2 Å². The molecule has 1 aliphatic heterocycles. The Kier molecular flexibility index (Phi) is 7.63. The van der Waals surface area contributed by atoms with Gasteiger partial charge in [0.2, 0.25) is 5.91 Å². The van der Waals surface area contributed by atoms with E-state index >= 15 is 0 Å². The van der Waals surface area contributed by atoms with Gasteiger partial charge in [0, 0.05) is 25.3 Å². The van der Waals surface area contributed by atoms with Gasteiger partial charge in [-0.25, -0.2) is 0 Å². The third kappa shape index (κ3) is 6.44. The average Bonchev–Trinajstić information content (AvgIpc) is 3.51. The first-order valence-electron chi connectivity index (χ1n) is 10.9. The molecule has 2 aliphatic rings. The van der Waals surface area contributed by atoms with Gasteiger partial charge in [0.25, 0.3) is 11.8 Å². The van der Waals surface area contributed by atoms with E-state index in [1.807, 2.05) is 13.8 Å². The minimum absolute atomic E-state index is 0.0512. The van der Waals surface area contributed by atoms with Crippen molar-refractivity contribution in [1.29, 1.82) is 0 Å². The van der Waals surface area contributed by atoms with Crippen LogP contribution in [0.25, 0.3) is 0 Å². The summed E-state index contributed by atoms with van der Waals surface area (Å²) in [5.41, 5.74) is 3.94. The number of hydrogen-bond acceptors (Lipinski definition) is 5. The molecule has 1 aliphatic carbocycles. The van der Waals surface area contributed by atoms with Gasteiger partial charge in [0.15, 0.2) is 6.04 Å². The number of carbonyl (C=O) groups is 3. The molecule has 0 unspecified atom stereocenters. The van der Waals surface area contributed by atoms with E-state index in [4.69, 9.17) is 10.5 Å². The summed E-state index contributed by atoms with van der Waals surface area (Å²) >= 11 is 0. The van der Waals surface area contributed by atoms with E-state index in [-0.39, 0.29) is 31.4 Å². The Morgan fingerprint density at radius 3 is 2.55 bits per heavy atom. The molecule has 3 N–H and O–H groups in total. The normalized spacial score (nSPS) is 18.0. The first-order valence-corrected chi connectivity index (χ1v) is 10.9. The second-order valence-electron chi connectivity index (χ2n) is 8.91. The minimum atomic E-state index is -4.80. The number of rotatable bonds is 9. The molecule has 1 aromatic carbocycles. The molecule has 11 heteroatoms. The van der Waals surface area contributed by atoms with Crippen LogP contribution >= 0.6 is 0 Å². The molecule has 1 aromatic rings. The zero-order chi connectivity index (χ0) is 24.3. The van der Waals surface area contributed by atoms with Crippen molar-refractivity contribution >= 4 is 29.1 Å². The van der Waals surface area contributed by atoms with Gasteiger partial charge in [-0.3, -0.25) is 19.3 Å². The highest BCUT2D eigenvalue weighted by Gasteiger charge is 2.39. The van der Waals surface area contributed by atoms with Gasteiger partial charge in [-0.15, -0.1) is 0 Å². The van der Waals surface area contributed by atoms with E-state index in [9.17, 15) is 27.6 Å². The second kappa shape index (κ2) is 10.1. The molecule has 2 fully saturated rings. The summed E-state index contributed by atoms with van der Waals surface area (Å²) in [6, 6.07) is 1.83. The van der Waals surface area contributed by atoms with Crippen LogP contribution in [0.1, 0.15) is 32.3 Å². The van der Waals surface area contributed by atoms with E-state index in [2.05, 4.69) is 5.32 Å². The number of hydrogen-bond donors (Lipinski definition) is 2. The number of nitrogens with one attached hydrogen (secondary N) is 1. The Morgan fingerprint density at radius 1 is 1.30 bits per heavy atom. The van der Waals surface area contributed by atoms with E-state index < -0.39 is 41.2 Å². The molecular formula is C22H29F3N4O4. The van der Waals surface area contributed by atoms with Gasteiger partial charge >= 0.3 is 6.18 Å².